The Kier molecular flexibility index (Phi) is 5.65. The summed E-state index contributed by atoms with van der Waals surface area (Å²) in [6, 6.07) is 29.6. The van der Waals surface area contributed by atoms with Crippen LogP contribution in [0.3, 0.4) is 0 Å². The normalized spacial score (nSPS) is 13.6. The van der Waals surface area contributed by atoms with E-state index in [-0.39, 0.29) is 0 Å². The molecule has 0 atom stereocenters. The third-order valence-corrected chi connectivity index (χ3v) is 10.0. The van der Waals surface area contributed by atoms with Crippen LogP contribution in [0.15, 0.2) is 105 Å². The monoisotopic (exact) mass is 499 g/mol. The van der Waals surface area contributed by atoms with Crippen molar-refractivity contribution in [1.29, 1.82) is 0 Å². The van der Waals surface area contributed by atoms with Gasteiger partial charge in [0.2, 0.25) is 0 Å². The predicted octanol–water partition coefficient (Wildman–Crippen LogP) is 7.71. The number of hydrogen-bond donors (Lipinski definition) is 0. The van der Waals surface area contributed by atoms with Gasteiger partial charge in [0.15, 0.2) is 0 Å². The highest BCUT2D eigenvalue weighted by Crippen LogP contribution is 2.49. The topological polar surface area (TPSA) is 23.6 Å². The van der Waals surface area contributed by atoms with Gasteiger partial charge in [0.25, 0.3) is 0 Å². The number of benzene rings is 4. The average Bonchev–Trinajstić information content (AvgIpc) is 2.89. The Balaban J connectivity index is 1.35. The van der Waals surface area contributed by atoms with Crippen LogP contribution in [0.5, 0.6) is 0 Å². The standard InChI is InChI=1S/C28H24N2OPS2/c1-3-29-21-9-5-7-11-25(21)33-27-17-19(13-15-23(27)29)32(31)20-14-16-24-28(18-20)34-26-12-8-6-10-22(26)30(24)4-2/h5-18H,3-4H2,1-2H3. The molecule has 4 aromatic carbocycles. The first-order chi connectivity index (χ1) is 16.7. The Bertz CT molecular complexity index is 1330. The molecule has 4 aromatic rings. The molecular formula is C28H24N2OPS2. The van der Waals surface area contributed by atoms with Crippen molar-refractivity contribution in [2.75, 3.05) is 22.9 Å². The van der Waals surface area contributed by atoms with Gasteiger partial charge in [-0.15, -0.1) is 0 Å². The Labute approximate surface area is 210 Å². The summed E-state index contributed by atoms with van der Waals surface area (Å²) < 4.78 is 13.7. The number of nitrogens with zero attached hydrogens (tertiary/aromatic N) is 2. The molecule has 0 aliphatic carbocycles. The van der Waals surface area contributed by atoms with Gasteiger partial charge in [-0.1, -0.05) is 47.8 Å². The van der Waals surface area contributed by atoms with Gasteiger partial charge in [-0.05, 0) is 74.5 Å². The molecule has 1 radical (unpaired) electrons. The molecule has 0 unspecified atom stereocenters. The second kappa shape index (κ2) is 8.81. The highest BCUT2D eigenvalue weighted by Gasteiger charge is 2.25. The van der Waals surface area contributed by atoms with Crippen LogP contribution in [-0.4, -0.2) is 13.1 Å². The fraction of sp³-hybridized carbons (Fsp3) is 0.143. The summed E-state index contributed by atoms with van der Waals surface area (Å²) in [5, 5.41) is 1.76. The number of hydrogen-bond acceptors (Lipinski definition) is 5. The fourth-order valence-electron chi connectivity index (χ4n) is 4.73. The van der Waals surface area contributed by atoms with Crippen molar-refractivity contribution < 1.29 is 4.57 Å². The van der Waals surface area contributed by atoms with Gasteiger partial charge >= 0.3 is 0 Å². The maximum atomic E-state index is 13.7. The lowest BCUT2D eigenvalue weighted by Gasteiger charge is -2.32. The quantitative estimate of drug-likeness (QED) is 0.268. The van der Waals surface area contributed by atoms with E-state index in [0.29, 0.717) is 0 Å². The van der Waals surface area contributed by atoms with Crippen molar-refractivity contribution >= 4 is 64.7 Å². The van der Waals surface area contributed by atoms with E-state index in [4.69, 9.17) is 0 Å². The lowest BCUT2D eigenvalue weighted by atomic mass is 10.2. The van der Waals surface area contributed by atoms with Gasteiger partial charge in [-0.3, -0.25) is 4.57 Å². The lowest BCUT2D eigenvalue weighted by Crippen LogP contribution is -2.21. The van der Waals surface area contributed by atoms with Gasteiger partial charge in [0.05, 0.1) is 22.7 Å². The molecule has 3 nitrogen and oxygen atoms in total. The number of fused-ring (bicyclic) bond motifs is 4. The summed E-state index contributed by atoms with van der Waals surface area (Å²) in [5.41, 5.74) is 4.86. The Morgan fingerprint density at radius 3 is 1.44 bits per heavy atom. The van der Waals surface area contributed by atoms with Gasteiger partial charge in [-0.2, -0.15) is 0 Å². The van der Waals surface area contributed by atoms with Crippen LogP contribution in [0.25, 0.3) is 0 Å². The summed E-state index contributed by atoms with van der Waals surface area (Å²) in [7, 11) is -1.69. The molecule has 0 saturated heterocycles. The zero-order chi connectivity index (χ0) is 23.2. The van der Waals surface area contributed by atoms with E-state index in [1.807, 2.05) is 12.1 Å². The lowest BCUT2D eigenvalue weighted by molar-refractivity contribution is 0.598. The van der Waals surface area contributed by atoms with Crippen molar-refractivity contribution in [2.24, 2.45) is 0 Å². The van der Waals surface area contributed by atoms with Crippen LogP contribution < -0.4 is 20.4 Å². The van der Waals surface area contributed by atoms with Crippen LogP contribution in [-0.2, 0) is 4.57 Å². The van der Waals surface area contributed by atoms with E-state index in [1.54, 1.807) is 23.5 Å². The molecule has 0 aromatic heterocycles. The van der Waals surface area contributed by atoms with Crippen molar-refractivity contribution in [2.45, 2.75) is 33.4 Å². The summed E-state index contributed by atoms with van der Waals surface area (Å²) in [5.74, 6) is 0. The maximum Gasteiger partial charge on any atom is 0.136 e. The minimum atomic E-state index is -1.69. The van der Waals surface area contributed by atoms with E-state index in [0.717, 1.165) is 23.7 Å². The molecule has 0 N–H and O–H groups in total. The van der Waals surface area contributed by atoms with E-state index < -0.39 is 7.80 Å². The first kappa shape index (κ1) is 21.8. The van der Waals surface area contributed by atoms with Gasteiger partial charge < -0.3 is 9.80 Å². The molecule has 169 valence electrons. The number of para-hydroxylation sites is 2. The van der Waals surface area contributed by atoms with E-state index in [9.17, 15) is 4.57 Å². The van der Waals surface area contributed by atoms with Crippen molar-refractivity contribution in [3.05, 3.63) is 84.9 Å². The maximum absolute atomic E-state index is 13.7. The number of anilines is 4. The highest BCUT2D eigenvalue weighted by molar-refractivity contribution is 8.00. The molecule has 0 amide bonds. The van der Waals surface area contributed by atoms with Gasteiger partial charge in [-0.25, -0.2) is 0 Å². The third-order valence-electron chi connectivity index (χ3n) is 6.32. The van der Waals surface area contributed by atoms with Crippen LogP contribution in [0.4, 0.5) is 22.7 Å². The summed E-state index contributed by atoms with van der Waals surface area (Å²) in [6.45, 7) is 6.14. The minimum absolute atomic E-state index is 0.880. The second-order valence-electron chi connectivity index (χ2n) is 8.23. The van der Waals surface area contributed by atoms with Crippen LogP contribution >= 0.6 is 31.3 Å². The smallest absolute Gasteiger partial charge is 0.136 e. The summed E-state index contributed by atoms with van der Waals surface area (Å²) in [6.07, 6.45) is 0. The zero-order valence-corrected chi connectivity index (χ0v) is 21.6. The van der Waals surface area contributed by atoms with E-state index in [2.05, 4.69) is 96.4 Å². The molecule has 2 heterocycles. The van der Waals surface area contributed by atoms with Crippen molar-refractivity contribution in [3.8, 4) is 0 Å². The fourth-order valence-corrected chi connectivity index (χ4v) is 8.38. The van der Waals surface area contributed by atoms with E-state index in [1.165, 1.54) is 42.3 Å². The number of rotatable bonds is 4. The molecule has 6 heteroatoms. The SMILES string of the molecule is CCN1c2ccccc2Sc2cc([P](=O)c3ccc4c(c3)Sc3ccccc3N4CC)ccc21. The van der Waals surface area contributed by atoms with Crippen LogP contribution in [0, 0.1) is 0 Å². The van der Waals surface area contributed by atoms with E-state index >= 15 is 0 Å². The predicted molar refractivity (Wildman–Crippen MR) is 146 cm³/mol. The highest BCUT2D eigenvalue weighted by atomic mass is 32.2. The molecule has 2 aliphatic heterocycles. The molecule has 34 heavy (non-hydrogen) atoms. The summed E-state index contributed by atoms with van der Waals surface area (Å²) in [4.78, 5) is 9.49. The molecular weight excluding hydrogens is 475 g/mol. The van der Waals surface area contributed by atoms with Gasteiger partial charge in [0.1, 0.15) is 7.80 Å². The summed E-state index contributed by atoms with van der Waals surface area (Å²) >= 11 is 3.53. The largest absolute Gasteiger partial charge is 0.340 e. The minimum Gasteiger partial charge on any atom is -0.340 e. The van der Waals surface area contributed by atoms with Crippen molar-refractivity contribution in [3.63, 3.8) is 0 Å². The molecule has 0 spiro atoms. The molecule has 0 fully saturated rings. The average molecular weight is 500 g/mol. The zero-order valence-electron chi connectivity index (χ0n) is 19.1. The Morgan fingerprint density at radius 2 is 1.00 bits per heavy atom. The molecule has 0 bridgehead atoms. The third kappa shape index (κ3) is 3.54. The first-order valence-electron chi connectivity index (χ1n) is 11.5. The molecule has 2 aliphatic rings. The Morgan fingerprint density at radius 1 is 0.588 bits per heavy atom. The van der Waals surface area contributed by atoms with Crippen LogP contribution in [0.2, 0.25) is 0 Å². The molecule has 0 saturated carbocycles. The second-order valence-corrected chi connectivity index (χ2v) is 12.0. The Hall–Kier alpha value is -2.72. The molecule has 6 rings (SSSR count). The first-order valence-corrected chi connectivity index (χ1v) is 14.4. The van der Waals surface area contributed by atoms with Gasteiger partial charge in [0, 0.05) is 43.3 Å². The van der Waals surface area contributed by atoms with Crippen molar-refractivity contribution in [1.82, 2.24) is 0 Å². The van der Waals surface area contributed by atoms with Crippen LogP contribution in [0.1, 0.15) is 13.8 Å².